The number of urea groups is 1. The van der Waals surface area contributed by atoms with Crippen LogP contribution in [0.15, 0.2) is 0 Å². The highest BCUT2D eigenvalue weighted by molar-refractivity contribution is 5.73. The van der Waals surface area contributed by atoms with Gasteiger partial charge in [-0.2, -0.15) is 13.2 Å². The monoisotopic (exact) mass is 267 g/mol. The highest BCUT2D eigenvalue weighted by Crippen LogP contribution is 2.19. The third kappa shape index (κ3) is 5.57. The minimum Gasteiger partial charge on any atom is -0.337 e. The molecule has 7 heteroatoms. The zero-order valence-corrected chi connectivity index (χ0v) is 10.4. The summed E-state index contributed by atoms with van der Waals surface area (Å²) in [5.74, 6) is 0.474. The average Bonchev–Trinajstić information content (AvgIpc) is 2.33. The van der Waals surface area contributed by atoms with Crippen molar-refractivity contribution in [3.63, 3.8) is 0 Å². The van der Waals surface area contributed by atoms with E-state index >= 15 is 0 Å². The van der Waals surface area contributed by atoms with Gasteiger partial charge in [0.1, 0.15) is 6.54 Å². The summed E-state index contributed by atoms with van der Waals surface area (Å²) in [6.45, 7) is 2.04. The lowest BCUT2D eigenvalue weighted by atomic mass is 9.89. The van der Waals surface area contributed by atoms with E-state index in [1.54, 1.807) is 5.32 Å². The Bertz CT molecular complexity index is 271. The van der Waals surface area contributed by atoms with Crippen LogP contribution >= 0.6 is 0 Å². The lowest BCUT2D eigenvalue weighted by Gasteiger charge is -2.32. The molecule has 4 nitrogen and oxygen atoms in total. The van der Waals surface area contributed by atoms with Crippen LogP contribution in [0.4, 0.5) is 18.0 Å². The number of halogens is 3. The molecule has 1 aliphatic heterocycles. The Morgan fingerprint density at radius 1 is 1.39 bits per heavy atom. The molecule has 0 aromatic heterocycles. The fourth-order valence-electron chi connectivity index (χ4n) is 2.19. The number of hydrogen-bond acceptors (Lipinski definition) is 2. The lowest BCUT2D eigenvalue weighted by Crippen LogP contribution is -2.51. The summed E-state index contributed by atoms with van der Waals surface area (Å²) < 4.78 is 35.6. The number of carbonyl (C=O) groups excluding carboxylic acids is 1. The van der Waals surface area contributed by atoms with Crippen molar-refractivity contribution in [2.45, 2.75) is 38.4 Å². The van der Waals surface area contributed by atoms with Crippen LogP contribution in [0, 0.1) is 5.92 Å². The van der Waals surface area contributed by atoms with Crippen LogP contribution in [0.5, 0.6) is 0 Å². The van der Waals surface area contributed by atoms with Crippen molar-refractivity contribution in [1.82, 2.24) is 16.0 Å². The van der Waals surface area contributed by atoms with Crippen molar-refractivity contribution < 1.29 is 18.0 Å². The number of rotatable bonds is 4. The second-order valence-electron chi connectivity index (χ2n) is 4.55. The van der Waals surface area contributed by atoms with Crippen molar-refractivity contribution in [2.75, 3.05) is 19.6 Å². The summed E-state index contributed by atoms with van der Waals surface area (Å²) in [5.41, 5.74) is 0. The first kappa shape index (κ1) is 15.1. The molecule has 0 radical (unpaired) electrons. The van der Waals surface area contributed by atoms with Crippen LogP contribution in [0.3, 0.4) is 0 Å². The first-order valence-electron chi connectivity index (χ1n) is 6.24. The van der Waals surface area contributed by atoms with Crippen LogP contribution in [0.2, 0.25) is 0 Å². The van der Waals surface area contributed by atoms with Gasteiger partial charge in [0.05, 0.1) is 0 Å². The molecule has 3 N–H and O–H groups in total. The smallest absolute Gasteiger partial charge is 0.337 e. The van der Waals surface area contributed by atoms with E-state index in [-0.39, 0.29) is 6.04 Å². The maximum atomic E-state index is 11.9. The zero-order valence-electron chi connectivity index (χ0n) is 10.4. The molecule has 0 aromatic rings. The van der Waals surface area contributed by atoms with Gasteiger partial charge in [-0.15, -0.1) is 0 Å². The Balaban J connectivity index is 2.24. The standard InChI is InChI=1S/C11H20F3N3O/c1-2-8-4-3-5-15-9(8)6-16-10(18)17-7-11(12,13)14/h8-9,15H,2-7H2,1H3,(H2,16,17,18). The molecule has 0 spiro atoms. The van der Waals surface area contributed by atoms with E-state index in [0.29, 0.717) is 12.5 Å². The Kier molecular flexibility index (Phi) is 5.71. The molecule has 2 amide bonds. The summed E-state index contributed by atoms with van der Waals surface area (Å²) >= 11 is 0. The van der Waals surface area contributed by atoms with Gasteiger partial charge in [0, 0.05) is 12.6 Å². The molecule has 1 rings (SSSR count). The molecular formula is C11H20F3N3O. The molecule has 2 unspecified atom stereocenters. The molecule has 0 aliphatic carbocycles. The van der Waals surface area contributed by atoms with Gasteiger partial charge in [-0.1, -0.05) is 13.3 Å². The van der Waals surface area contributed by atoms with Crippen LogP contribution in [-0.4, -0.2) is 37.9 Å². The SMILES string of the molecule is CCC1CCCNC1CNC(=O)NCC(F)(F)F. The minimum absolute atomic E-state index is 0.153. The fraction of sp³-hybridized carbons (Fsp3) is 0.909. The van der Waals surface area contributed by atoms with Gasteiger partial charge in [-0.3, -0.25) is 0 Å². The topological polar surface area (TPSA) is 53.2 Å². The van der Waals surface area contributed by atoms with Gasteiger partial charge in [0.15, 0.2) is 0 Å². The molecule has 1 aliphatic rings. The molecule has 1 heterocycles. The summed E-state index contributed by atoms with van der Waals surface area (Å²) in [6.07, 6.45) is -1.16. The normalized spacial score (nSPS) is 24.7. The number of alkyl halides is 3. The summed E-state index contributed by atoms with van der Waals surface area (Å²) in [7, 11) is 0. The number of amides is 2. The third-order valence-electron chi connectivity index (χ3n) is 3.18. The summed E-state index contributed by atoms with van der Waals surface area (Å²) in [5, 5.41) is 7.55. The predicted molar refractivity (Wildman–Crippen MR) is 62.3 cm³/mol. The van der Waals surface area contributed by atoms with Crippen LogP contribution < -0.4 is 16.0 Å². The highest BCUT2D eigenvalue weighted by Gasteiger charge is 2.28. The second kappa shape index (κ2) is 6.82. The van der Waals surface area contributed by atoms with E-state index in [4.69, 9.17) is 0 Å². The maximum absolute atomic E-state index is 11.9. The van der Waals surface area contributed by atoms with Gasteiger partial charge < -0.3 is 16.0 Å². The van der Waals surface area contributed by atoms with Crippen LogP contribution in [-0.2, 0) is 0 Å². The van der Waals surface area contributed by atoms with Crippen molar-refractivity contribution >= 4 is 6.03 Å². The molecule has 0 saturated carbocycles. The van der Waals surface area contributed by atoms with Crippen molar-refractivity contribution in [3.05, 3.63) is 0 Å². The molecule has 0 bridgehead atoms. The van der Waals surface area contributed by atoms with E-state index in [9.17, 15) is 18.0 Å². The first-order chi connectivity index (χ1) is 8.42. The van der Waals surface area contributed by atoms with Gasteiger partial charge in [0.25, 0.3) is 0 Å². The number of hydrogen-bond donors (Lipinski definition) is 3. The predicted octanol–water partition coefficient (Wildman–Crippen LogP) is 1.63. The Hall–Kier alpha value is -0.980. The molecule has 1 fully saturated rings. The maximum Gasteiger partial charge on any atom is 0.405 e. The van der Waals surface area contributed by atoms with Gasteiger partial charge in [0.2, 0.25) is 0 Å². The van der Waals surface area contributed by atoms with E-state index in [2.05, 4.69) is 17.6 Å². The van der Waals surface area contributed by atoms with E-state index in [0.717, 1.165) is 25.8 Å². The molecule has 1 saturated heterocycles. The first-order valence-corrected chi connectivity index (χ1v) is 6.24. The van der Waals surface area contributed by atoms with Crippen molar-refractivity contribution in [1.29, 1.82) is 0 Å². The van der Waals surface area contributed by atoms with E-state index < -0.39 is 18.8 Å². The van der Waals surface area contributed by atoms with Crippen molar-refractivity contribution in [3.8, 4) is 0 Å². The third-order valence-corrected chi connectivity index (χ3v) is 3.18. The quantitative estimate of drug-likeness (QED) is 0.725. The Morgan fingerprint density at radius 2 is 2.11 bits per heavy atom. The molecule has 106 valence electrons. The summed E-state index contributed by atoms with van der Waals surface area (Å²) in [4.78, 5) is 11.2. The van der Waals surface area contributed by atoms with Crippen LogP contribution in [0.1, 0.15) is 26.2 Å². The van der Waals surface area contributed by atoms with Crippen molar-refractivity contribution in [2.24, 2.45) is 5.92 Å². The lowest BCUT2D eigenvalue weighted by molar-refractivity contribution is -0.122. The second-order valence-corrected chi connectivity index (χ2v) is 4.55. The van der Waals surface area contributed by atoms with E-state index in [1.165, 1.54) is 0 Å². The average molecular weight is 267 g/mol. The fourth-order valence-corrected chi connectivity index (χ4v) is 2.19. The van der Waals surface area contributed by atoms with Gasteiger partial charge >= 0.3 is 12.2 Å². The number of piperidine rings is 1. The van der Waals surface area contributed by atoms with E-state index in [1.807, 2.05) is 0 Å². The largest absolute Gasteiger partial charge is 0.405 e. The Labute approximate surface area is 105 Å². The van der Waals surface area contributed by atoms with Gasteiger partial charge in [-0.05, 0) is 25.3 Å². The molecular weight excluding hydrogens is 247 g/mol. The van der Waals surface area contributed by atoms with Gasteiger partial charge in [-0.25, -0.2) is 4.79 Å². The number of carbonyl (C=O) groups is 1. The number of nitrogens with one attached hydrogen (secondary N) is 3. The summed E-state index contributed by atoms with van der Waals surface area (Å²) in [6, 6.07) is -0.616. The molecule has 0 aromatic carbocycles. The zero-order chi connectivity index (χ0) is 13.6. The highest BCUT2D eigenvalue weighted by atomic mass is 19.4. The molecule has 2 atom stereocenters. The Morgan fingerprint density at radius 3 is 2.72 bits per heavy atom. The van der Waals surface area contributed by atoms with Crippen LogP contribution in [0.25, 0.3) is 0 Å². The molecule has 18 heavy (non-hydrogen) atoms. The minimum atomic E-state index is -4.37.